The van der Waals surface area contributed by atoms with Crippen LogP contribution >= 0.6 is 0 Å². The van der Waals surface area contributed by atoms with Crippen molar-refractivity contribution >= 4 is 11.6 Å². The van der Waals surface area contributed by atoms with Gasteiger partial charge in [0, 0.05) is 5.69 Å². The van der Waals surface area contributed by atoms with Crippen molar-refractivity contribution in [3.05, 3.63) is 29.8 Å². The monoisotopic (exact) mass is 230 g/mol. The van der Waals surface area contributed by atoms with Crippen LogP contribution in [0.1, 0.15) is 32.3 Å². The Labute approximate surface area is 102 Å². The molecule has 1 aromatic carbocycles. The molecular weight excluding hydrogens is 212 g/mol. The fourth-order valence-electron chi connectivity index (χ4n) is 1.68. The van der Waals surface area contributed by atoms with Crippen LogP contribution in [0.15, 0.2) is 24.3 Å². The Balaban J connectivity index is 2.81. The summed E-state index contributed by atoms with van der Waals surface area (Å²) in [4.78, 5) is 11.8. The van der Waals surface area contributed by atoms with E-state index in [1.54, 1.807) is 0 Å². The van der Waals surface area contributed by atoms with Crippen LogP contribution in [-0.2, 0) is 11.2 Å². The summed E-state index contributed by atoms with van der Waals surface area (Å²) in [5.74, 6) is -0.775. The molecular formula is C14H18N2O. The molecule has 0 heterocycles. The third-order valence-electron chi connectivity index (χ3n) is 2.68. The van der Waals surface area contributed by atoms with Gasteiger partial charge in [0.2, 0.25) is 5.91 Å². The van der Waals surface area contributed by atoms with Gasteiger partial charge in [-0.25, -0.2) is 0 Å². The molecule has 17 heavy (non-hydrogen) atoms. The molecule has 1 rings (SSSR count). The van der Waals surface area contributed by atoms with Crippen LogP contribution in [-0.4, -0.2) is 5.91 Å². The van der Waals surface area contributed by atoms with Crippen LogP contribution in [0.3, 0.4) is 0 Å². The highest BCUT2D eigenvalue weighted by molar-refractivity contribution is 5.94. The highest BCUT2D eigenvalue weighted by atomic mass is 16.1. The molecule has 3 heteroatoms. The summed E-state index contributed by atoms with van der Waals surface area (Å²) in [5.41, 5.74) is 1.95. The van der Waals surface area contributed by atoms with E-state index >= 15 is 0 Å². The van der Waals surface area contributed by atoms with Crippen LogP contribution in [0, 0.1) is 17.2 Å². The first-order valence-corrected chi connectivity index (χ1v) is 6.01. The summed E-state index contributed by atoms with van der Waals surface area (Å²) in [7, 11) is 0. The molecule has 1 aromatic rings. The number of rotatable bonds is 5. The zero-order valence-electron chi connectivity index (χ0n) is 10.4. The molecule has 0 aromatic heterocycles. The number of nitrogens with one attached hydrogen (secondary N) is 1. The van der Waals surface area contributed by atoms with Gasteiger partial charge >= 0.3 is 0 Å². The smallest absolute Gasteiger partial charge is 0.241 e. The Kier molecular flexibility index (Phi) is 5.22. The van der Waals surface area contributed by atoms with Gasteiger partial charge in [-0.15, -0.1) is 0 Å². The first-order chi connectivity index (χ1) is 8.22. The first kappa shape index (κ1) is 13.2. The van der Waals surface area contributed by atoms with E-state index in [1.807, 2.05) is 37.3 Å². The highest BCUT2D eigenvalue weighted by Gasteiger charge is 2.16. The molecule has 90 valence electrons. The quantitative estimate of drug-likeness (QED) is 0.844. The summed E-state index contributed by atoms with van der Waals surface area (Å²) in [6, 6.07) is 9.75. The molecule has 0 aliphatic carbocycles. The standard InChI is InChI=1S/C14H18N2O/c1-3-7-12-8-5-6-9-13(12)16-14(17)11(4-2)10-15/h5-6,8-9,11H,3-4,7H2,1-2H3,(H,16,17). The van der Waals surface area contributed by atoms with Crippen molar-refractivity contribution in [1.29, 1.82) is 5.26 Å². The molecule has 0 radical (unpaired) electrons. The average Bonchev–Trinajstić information content (AvgIpc) is 2.33. The zero-order valence-corrected chi connectivity index (χ0v) is 10.4. The third-order valence-corrected chi connectivity index (χ3v) is 2.68. The minimum Gasteiger partial charge on any atom is -0.325 e. The zero-order chi connectivity index (χ0) is 12.7. The fourth-order valence-corrected chi connectivity index (χ4v) is 1.68. The van der Waals surface area contributed by atoms with E-state index in [2.05, 4.69) is 12.2 Å². The van der Waals surface area contributed by atoms with Gasteiger partial charge in [-0.05, 0) is 24.5 Å². The van der Waals surface area contributed by atoms with Gasteiger partial charge in [0.25, 0.3) is 0 Å². The van der Waals surface area contributed by atoms with Crippen molar-refractivity contribution in [2.45, 2.75) is 33.1 Å². The van der Waals surface area contributed by atoms with Gasteiger partial charge in [-0.3, -0.25) is 4.79 Å². The predicted octanol–water partition coefficient (Wildman–Crippen LogP) is 3.13. The maximum absolute atomic E-state index is 11.8. The Morgan fingerprint density at radius 1 is 1.41 bits per heavy atom. The normalized spacial score (nSPS) is 11.6. The van der Waals surface area contributed by atoms with Crippen molar-refractivity contribution in [1.82, 2.24) is 0 Å². The molecule has 1 N–H and O–H groups in total. The van der Waals surface area contributed by atoms with Gasteiger partial charge in [-0.1, -0.05) is 38.5 Å². The maximum Gasteiger partial charge on any atom is 0.241 e. The lowest BCUT2D eigenvalue weighted by Gasteiger charge is -2.12. The average molecular weight is 230 g/mol. The third kappa shape index (κ3) is 3.60. The summed E-state index contributed by atoms with van der Waals surface area (Å²) >= 11 is 0. The van der Waals surface area contributed by atoms with Crippen LogP contribution < -0.4 is 5.32 Å². The number of carbonyl (C=O) groups excluding carboxylic acids is 1. The molecule has 0 fully saturated rings. The van der Waals surface area contributed by atoms with Crippen LogP contribution in [0.5, 0.6) is 0 Å². The van der Waals surface area contributed by atoms with E-state index in [0.717, 1.165) is 24.1 Å². The maximum atomic E-state index is 11.8. The second kappa shape index (κ2) is 6.70. The van der Waals surface area contributed by atoms with E-state index in [-0.39, 0.29) is 5.91 Å². The van der Waals surface area contributed by atoms with Crippen LogP contribution in [0.2, 0.25) is 0 Å². The molecule has 1 atom stereocenters. The number of nitriles is 1. The van der Waals surface area contributed by atoms with E-state index in [9.17, 15) is 4.79 Å². The second-order valence-electron chi connectivity index (χ2n) is 3.99. The minimum absolute atomic E-state index is 0.210. The first-order valence-electron chi connectivity index (χ1n) is 6.01. The molecule has 0 aliphatic rings. The number of hydrogen-bond donors (Lipinski definition) is 1. The molecule has 0 bridgehead atoms. The van der Waals surface area contributed by atoms with Crippen LogP contribution in [0.25, 0.3) is 0 Å². The molecule has 0 aliphatic heterocycles. The number of nitrogens with zero attached hydrogens (tertiary/aromatic N) is 1. The van der Waals surface area contributed by atoms with E-state index < -0.39 is 5.92 Å². The highest BCUT2D eigenvalue weighted by Crippen LogP contribution is 2.18. The van der Waals surface area contributed by atoms with Gasteiger partial charge < -0.3 is 5.32 Å². The Hall–Kier alpha value is -1.82. The molecule has 0 spiro atoms. The number of aryl methyl sites for hydroxylation is 1. The number of anilines is 1. The van der Waals surface area contributed by atoms with Gasteiger partial charge in [0.1, 0.15) is 5.92 Å². The van der Waals surface area contributed by atoms with Crippen molar-refractivity contribution in [2.75, 3.05) is 5.32 Å². The van der Waals surface area contributed by atoms with E-state index in [0.29, 0.717) is 6.42 Å². The van der Waals surface area contributed by atoms with Gasteiger partial charge in [0.05, 0.1) is 6.07 Å². The molecule has 1 amide bonds. The van der Waals surface area contributed by atoms with Crippen molar-refractivity contribution in [3.8, 4) is 6.07 Å². The van der Waals surface area contributed by atoms with E-state index in [4.69, 9.17) is 5.26 Å². The van der Waals surface area contributed by atoms with Crippen molar-refractivity contribution < 1.29 is 4.79 Å². The van der Waals surface area contributed by atoms with Gasteiger partial charge in [-0.2, -0.15) is 5.26 Å². The Morgan fingerprint density at radius 3 is 2.71 bits per heavy atom. The Morgan fingerprint density at radius 2 is 2.12 bits per heavy atom. The van der Waals surface area contributed by atoms with Gasteiger partial charge in [0.15, 0.2) is 0 Å². The largest absolute Gasteiger partial charge is 0.325 e. The predicted molar refractivity (Wildman–Crippen MR) is 68.5 cm³/mol. The van der Waals surface area contributed by atoms with Crippen LogP contribution in [0.4, 0.5) is 5.69 Å². The number of benzene rings is 1. The number of hydrogen-bond acceptors (Lipinski definition) is 2. The second-order valence-corrected chi connectivity index (χ2v) is 3.99. The van der Waals surface area contributed by atoms with Crippen molar-refractivity contribution in [3.63, 3.8) is 0 Å². The SMILES string of the molecule is CCCc1ccccc1NC(=O)C(C#N)CC. The lowest BCUT2D eigenvalue weighted by Crippen LogP contribution is -2.21. The summed E-state index contributed by atoms with van der Waals surface area (Å²) in [5, 5.41) is 11.7. The summed E-state index contributed by atoms with van der Waals surface area (Å²) in [6.45, 7) is 3.94. The summed E-state index contributed by atoms with van der Waals surface area (Å²) < 4.78 is 0. The molecule has 1 unspecified atom stereocenters. The fraction of sp³-hybridized carbons (Fsp3) is 0.429. The van der Waals surface area contributed by atoms with Crippen molar-refractivity contribution in [2.24, 2.45) is 5.92 Å². The molecule has 0 saturated carbocycles. The molecule has 0 saturated heterocycles. The number of amides is 1. The van der Waals surface area contributed by atoms with E-state index in [1.165, 1.54) is 0 Å². The topological polar surface area (TPSA) is 52.9 Å². The molecule has 3 nitrogen and oxygen atoms in total. The lowest BCUT2D eigenvalue weighted by molar-refractivity contribution is -0.118. The lowest BCUT2D eigenvalue weighted by atomic mass is 10.1. The Bertz CT molecular complexity index is 420. The number of para-hydroxylation sites is 1. The minimum atomic E-state index is -0.565. The number of carbonyl (C=O) groups is 1. The summed E-state index contributed by atoms with van der Waals surface area (Å²) in [6.07, 6.45) is 2.50.